The Morgan fingerprint density at radius 2 is 1.65 bits per heavy atom. The van der Waals surface area contributed by atoms with E-state index < -0.39 is 0 Å². The molecule has 5 heteroatoms. The average molecular weight is 310 g/mol. The predicted molar refractivity (Wildman–Crippen MR) is 85.5 cm³/mol. The van der Waals surface area contributed by atoms with Crippen molar-refractivity contribution in [2.24, 2.45) is 5.92 Å². The number of hydrogen-bond donors (Lipinski definition) is 2. The molecule has 1 saturated carbocycles. The standard InChI is InChI=1S/C18H18N2O3/c21-17(13-10-11-13)19-20-18(22)16-9-5-4-6-14(16)12-23-15-7-2-1-3-8-15/h1-9,13H,10-12H2,(H,19,21)(H,20,22). The number of amides is 2. The Bertz CT molecular complexity index is 696. The van der Waals surface area contributed by atoms with Gasteiger partial charge in [0.1, 0.15) is 12.4 Å². The first-order valence-corrected chi connectivity index (χ1v) is 7.60. The quantitative estimate of drug-likeness (QED) is 0.834. The van der Waals surface area contributed by atoms with Gasteiger partial charge in [-0.15, -0.1) is 0 Å². The third kappa shape index (κ3) is 4.10. The maximum Gasteiger partial charge on any atom is 0.270 e. The largest absolute Gasteiger partial charge is 0.489 e. The highest BCUT2D eigenvalue weighted by molar-refractivity contribution is 5.97. The van der Waals surface area contributed by atoms with Crippen LogP contribution < -0.4 is 15.6 Å². The molecule has 1 aliphatic carbocycles. The number of benzene rings is 2. The Balaban J connectivity index is 1.62. The molecule has 0 radical (unpaired) electrons. The van der Waals surface area contributed by atoms with E-state index in [0.717, 1.165) is 24.2 Å². The first-order valence-electron chi connectivity index (χ1n) is 7.60. The summed E-state index contributed by atoms with van der Waals surface area (Å²) in [6.07, 6.45) is 1.78. The Kier molecular flexibility index (Phi) is 4.57. The molecule has 2 aromatic carbocycles. The summed E-state index contributed by atoms with van der Waals surface area (Å²) in [6.45, 7) is 0.282. The maximum atomic E-state index is 12.2. The minimum Gasteiger partial charge on any atom is -0.489 e. The van der Waals surface area contributed by atoms with Crippen LogP contribution in [0.15, 0.2) is 54.6 Å². The van der Waals surface area contributed by atoms with Crippen LogP contribution in [0.5, 0.6) is 5.75 Å². The van der Waals surface area contributed by atoms with E-state index in [1.165, 1.54) is 0 Å². The molecule has 0 aliphatic heterocycles. The zero-order valence-electron chi connectivity index (χ0n) is 12.6. The molecule has 1 fully saturated rings. The highest BCUT2D eigenvalue weighted by atomic mass is 16.5. The van der Waals surface area contributed by atoms with Gasteiger partial charge in [0.05, 0.1) is 0 Å². The number of rotatable bonds is 5. The van der Waals surface area contributed by atoms with Crippen molar-refractivity contribution in [3.63, 3.8) is 0 Å². The predicted octanol–water partition coefficient (Wildman–Crippen LogP) is 2.44. The molecule has 0 saturated heterocycles. The van der Waals surface area contributed by atoms with Crippen LogP contribution >= 0.6 is 0 Å². The van der Waals surface area contributed by atoms with E-state index in [4.69, 9.17) is 4.74 Å². The zero-order valence-corrected chi connectivity index (χ0v) is 12.6. The summed E-state index contributed by atoms with van der Waals surface area (Å²) in [5.74, 6) is 0.319. The number of carbonyl (C=O) groups is 2. The normalized spacial score (nSPS) is 13.2. The van der Waals surface area contributed by atoms with Crippen LogP contribution in [0.1, 0.15) is 28.8 Å². The molecule has 0 atom stereocenters. The monoisotopic (exact) mass is 310 g/mol. The van der Waals surface area contributed by atoms with Crippen LogP contribution in [-0.4, -0.2) is 11.8 Å². The van der Waals surface area contributed by atoms with E-state index in [9.17, 15) is 9.59 Å². The fourth-order valence-electron chi connectivity index (χ4n) is 2.18. The SMILES string of the molecule is O=C(NNC(=O)C1CC1)c1ccccc1COc1ccccc1. The van der Waals surface area contributed by atoms with Gasteiger partial charge in [-0.1, -0.05) is 36.4 Å². The van der Waals surface area contributed by atoms with Crippen molar-refractivity contribution in [2.75, 3.05) is 0 Å². The van der Waals surface area contributed by atoms with Gasteiger partial charge in [-0.3, -0.25) is 20.4 Å². The first-order chi connectivity index (χ1) is 11.2. The second kappa shape index (κ2) is 6.96. The smallest absolute Gasteiger partial charge is 0.270 e. The average Bonchev–Trinajstić information content (AvgIpc) is 3.44. The topological polar surface area (TPSA) is 67.4 Å². The molecule has 0 spiro atoms. The number of hydrazine groups is 1. The summed E-state index contributed by atoms with van der Waals surface area (Å²) in [5.41, 5.74) is 6.17. The van der Waals surface area contributed by atoms with Gasteiger partial charge < -0.3 is 4.74 Å². The van der Waals surface area contributed by atoms with Crippen LogP contribution in [0.25, 0.3) is 0 Å². The van der Waals surface area contributed by atoms with E-state index in [1.807, 2.05) is 42.5 Å². The Morgan fingerprint density at radius 3 is 2.39 bits per heavy atom. The number of ether oxygens (including phenoxy) is 1. The number of hydrogen-bond acceptors (Lipinski definition) is 3. The zero-order chi connectivity index (χ0) is 16.1. The maximum absolute atomic E-state index is 12.2. The molecule has 0 bridgehead atoms. The van der Waals surface area contributed by atoms with Gasteiger partial charge in [0, 0.05) is 17.0 Å². The van der Waals surface area contributed by atoms with Gasteiger partial charge in [0.25, 0.3) is 5.91 Å². The molecular weight excluding hydrogens is 292 g/mol. The van der Waals surface area contributed by atoms with Crippen molar-refractivity contribution < 1.29 is 14.3 Å². The third-order valence-electron chi connectivity index (χ3n) is 3.65. The van der Waals surface area contributed by atoms with Crippen molar-refractivity contribution in [3.8, 4) is 5.75 Å². The van der Waals surface area contributed by atoms with Gasteiger partial charge in [0.15, 0.2) is 0 Å². The van der Waals surface area contributed by atoms with Crippen molar-refractivity contribution in [1.82, 2.24) is 10.9 Å². The van der Waals surface area contributed by atoms with Crippen LogP contribution in [0.2, 0.25) is 0 Å². The lowest BCUT2D eigenvalue weighted by molar-refractivity contribution is -0.123. The van der Waals surface area contributed by atoms with Gasteiger partial charge >= 0.3 is 0 Å². The van der Waals surface area contributed by atoms with Crippen molar-refractivity contribution in [1.29, 1.82) is 0 Å². The van der Waals surface area contributed by atoms with Crippen LogP contribution in [0.3, 0.4) is 0 Å². The minimum atomic E-state index is -0.341. The molecule has 2 amide bonds. The second-order valence-corrected chi connectivity index (χ2v) is 5.48. The van der Waals surface area contributed by atoms with Gasteiger partial charge in [-0.25, -0.2) is 0 Å². The summed E-state index contributed by atoms with van der Waals surface area (Å²) in [6, 6.07) is 16.6. The molecule has 2 aromatic rings. The summed E-state index contributed by atoms with van der Waals surface area (Å²) in [5, 5.41) is 0. The summed E-state index contributed by atoms with van der Waals surface area (Å²) >= 11 is 0. The van der Waals surface area contributed by atoms with Crippen molar-refractivity contribution in [3.05, 3.63) is 65.7 Å². The minimum absolute atomic E-state index is 0.0481. The molecule has 23 heavy (non-hydrogen) atoms. The molecule has 2 N–H and O–H groups in total. The summed E-state index contributed by atoms with van der Waals surface area (Å²) < 4.78 is 5.69. The summed E-state index contributed by atoms with van der Waals surface area (Å²) in [7, 11) is 0. The first kappa shape index (κ1) is 15.1. The molecule has 0 heterocycles. The third-order valence-corrected chi connectivity index (χ3v) is 3.65. The number of para-hydroxylation sites is 1. The lowest BCUT2D eigenvalue weighted by atomic mass is 10.1. The van der Waals surface area contributed by atoms with E-state index in [0.29, 0.717) is 5.56 Å². The molecule has 3 rings (SSSR count). The molecule has 118 valence electrons. The fourth-order valence-corrected chi connectivity index (χ4v) is 2.18. The second-order valence-electron chi connectivity index (χ2n) is 5.48. The van der Waals surface area contributed by atoms with Crippen molar-refractivity contribution >= 4 is 11.8 Å². The highest BCUT2D eigenvalue weighted by Crippen LogP contribution is 2.28. The molecule has 1 aliphatic rings. The number of carbonyl (C=O) groups excluding carboxylic acids is 2. The van der Waals surface area contributed by atoms with Gasteiger partial charge in [-0.05, 0) is 31.0 Å². The molecular formula is C18H18N2O3. The Hall–Kier alpha value is -2.82. The molecule has 0 unspecified atom stereocenters. The Morgan fingerprint density at radius 1 is 0.957 bits per heavy atom. The van der Waals surface area contributed by atoms with E-state index in [-0.39, 0.29) is 24.3 Å². The van der Waals surface area contributed by atoms with E-state index in [2.05, 4.69) is 10.9 Å². The Labute approximate surface area is 134 Å². The molecule has 5 nitrogen and oxygen atoms in total. The van der Waals surface area contributed by atoms with Crippen LogP contribution in [0.4, 0.5) is 0 Å². The lowest BCUT2D eigenvalue weighted by Crippen LogP contribution is -2.42. The van der Waals surface area contributed by atoms with Crippen molar-refractivity contribution in [2.45, 2.75) is 19.4 Å². The highest BCUT2D eigenvalue weighted by Gasteiger charge is 2.29. The van der Waals surface area contributed by atoms with Gasteiger partial charge in [-0.2, -0.15) is 0 Å². The lowest BCUT2D eigenvalue weighted by Gasteiger charge is -2.12. The fraction of sp³-hybridized carbons (Fsp3) is 0.222. The number of nitrogens with one attached hydrogen (secondary N) is 2. The van der Waals surface area contributed by atoms with Crippen LogP contribution in [0, 0.1) is 5.92 Å². The van der Waals surface area contributed by atoms with Crippen LogP contribution in [-0.2, 0) is 11.4 Å². The molecule has 0 aromatic heterocycles. The summed E-state index contributed by atoms with van der Waals surface area (Å²) in [4.78, 5) is 23.8. The van der Waals surface area contributed by atoms with E-state index in [1.54, 1.807) is 12.1 Å². The van der Waals surface area contributed by atoms with Gasteiger partial charge in [0.2, 0.25) is 5.91 Å². The van der Waals surface area contributed by atoms with E-state index >= 15 is 0 Å².